The average Bonchev–Trinajstić information content (AvgIpc) is 2.15. The Morgan fingerprint density at radius 2 is 2.44 bits per heavy atom. The minimum absolute atomic E-state index is 0.267. The second-order valence-electron chi connectivity index (χ2n) is 1.79. The first-order chi connectivity index (χ1) is 4.29. The molecule has 0 saturated heterocycles. The molecule has 0 aliphatic heterocycles. The van der Waals surface area contributed by atoms with Crippen molar-refractivity contribution in [2.75, 3.05) is 0 Å². The predicted octanol–water partition coefficient (Wildman–Crippen LogP) is -0.0709. The van der Waals surface area contributed by atoms with Crippen LogP contribution < -0.4 is 11.5 Å². The predicted molar refractivity (Wildman–Crippen MR) is 38.0 cm³/mol. The van der Waals surface area contributed by atoms with Crippen molar-refractivity contribution in [2.24, 2.45) is 11.5 Å². The van der Waals surface area contributed by atoms with Gasteiger partial charge in [-0.2, -0.15) is 0 Å². The van der Waals surface area contributed by atoms with E-state index in [2.05, 4.69) is 4.98 Å². The van der Waals surface area contributed by atoms with E-state index in [9.17, 15) is 0 Å². The summed E-state index contributed by atoms with van der Waals surface area (Å²) in [5.41, 5.74) is 10.7. The van der Waals surface area contributed by atoms with Crippen LogP contribution in [0.25, 0.3) is 0 Å². The Morgan fingerprint density at radius 3 is 2.89 bits per heavy atom. The van der Waals surface area contributed by atoms with E-state index >= 15 is 0 Å². The van der Waals surface area contributed by atoms with Crippen molar-refractivity contribution in [1.29, 1.82) is 0 Å². The van der Waals surface area contributed by atoms with Crippen molar-refractivity contribution < 1.29 is 0 Å². The summed E-state index contributed by atoms with van der Waals surface area (Å²) in [5.74, 6) is 0. The maximum Gasteiger partial charge on any atom is 0.0953 e. The summed E-state index contributed by atoms with van der Waals surface area (Å²) in [6.07, 6.45) is 2.16. The summed E-state index contributed by atoms with van der Waals surface area (Å²) < 4.78 is 0. The van der Waals surface area contributed by atoms with Crippen LogP contribution in [-0.2, 0) is 6.42 Å². The summed E-state index contributed by atoms with van der Waals surface area (Å²) in [6.45, 7) is 0. The van der Waals surface area contributed by atoms with Gasteiger partial charge in [0.25, 0.3) is 0 Å². The molecule has 1 aromatic rings. The molecular formula is C5H9N3S. The van der Waals surface area contributed by atoms with E-state index in [-0.39, 0.29) is 6.17 Å². The highest BCUT2D eigenvalue weighted by Gasteiger charge is 1.97. The molecule has 0 bridgehead atoms. The van der Waals surface area contributed by atoms with Crippen LogP contribution in [0.3, 0.4) is 0 Å². The molecule has 4 N–H and O–H groups in total. The first-order valence-corrected chi connectivity index (χ1v) is 3.56. The molecule has 1 rings (SSSR count). The highest BCUT2D eigenvalue weighted by molar-refractivity contribution is 7.09. The van der Waals surface area contributed by atoms with E-state index in [0.717, 1.165) is 5.01 Å². The Bertz CT molecular complexity index is 159. The quantitative estimate of drug-likeness (QED) is 0.569. The second-order valence-corrected chi connectivity index (χ2v) is 2.77. The molecule has 1 aromatic heterocycles. The zero-order valence-electron chi connectivity index (χ0n) is 4.95. The molecule has 0 aromatic carbocycles. The maximum atomic E-state index is 5.33. The van der Waals surface area contributed by atoms with Crippen molar-refractivity contribution in [2.45, 2.75) is 12.6 Å². The molecule has 0 spiro atoms. The lowest BCUT2D eigenvalue weighted by atomic mass is 10.4. The molecule has 0 radical (unpaired) electrons. The zero-order chi connectivity index (χ0) is 6.69. The third-order valence-electron chi connectivity index (χ3n) is 0.894. The molecule has 0 atom stereocenters. The van der Waals surface area contributed by atoms with E-state index < -0.39 is 0 Å². The van der Waals surface area contributed by atoms with Gasteiger partial charge in [0, 0.05) is 18.0 Å². The molecule has 0 saturated carbocycles. The van der Waals surface area contributed by atoms with Crippen LogP contribution in [0.5, 0.6) is 0 Å². The minimum Gasteiger partial charge on any atom is -0.316 e. The average molecular weight is 143 g/mol. The van der Waals surface area contributed by atoms with Crippen LogP contribution in [-0.4, -0.2) is 11.1 Å². The van der Waals surface area contributed by atoms with Gasteiger partial charge in [0.05, 0.1) is 11.2 Å². The fraction of sp³-hybridized carbons (Fsp3) is 0.400. The van der Waals surface area contributed by atoms with E-state index in [1.807, 2.05) is 5.38 Å². The number of nitrogens with zero attached hydrogens (tertiary/aromatic N) is 1. The first kappa shape index (κ1) is 6.67. The fourth-order valence-corrected chi connectivity index (χ4v) is 1.24. The number of rotatable bonds is 2. The Kier molecular flexibility index (Phi) is 2.16. The van der Waals surface area contributed by atoms with E-state index in [0.29, 0.717) is 6.42 Å². The molecule has 3 nitrogen and oxygen atoms in total. The smallest absolute Gasteiger partial charge is 0.0953 e. The van der Waals surface area contributed by atoms with Crippen molar-refractivity contribution in [1.82, 2.24) is 4.98 Å². The fourth-order valence-electron chi connectivity index (χ4n) is 0.555. The van der Waals surface area contributed by atoms with Gasteiger partial charge < -0.3 is 11.5 Å². The van der Waals surface area contributed by atoms with Crippen molar-refractivity contribution in [3.05, 3.63) is 16.6 Å². The van der Waals surface area contributed by atoms with Gasteiger partial charge in [-0.15, -0.1) is 11.3 Å². The SMILES string of the molecule is NC(N)Cc1nccs1. The molecule has 0 unspecified atom stereocenters. The third kappa shape index (κ3) is 2.09. The second kappa shape index (κ2) is 2.91. The van der Waals surface area contributed by atoms with Gasteiger partial charge in [0.1, 0.15) is 0 Å². The van der Waals surface area contributed by atoms with Gasteiger partial charge in [-0.3, -0.25) is 0 Å². The standard InChI is InChI=1S/C5H9N3S/c6-4(7)3-5-8-1-2-9-5/h1-2,4H,3,6-7H2. The molecule has 0 aliphatic rings. The summed E-state index contributed by atoms with van der Waals surface area (Å²) >= 11 is 1.58. The lowest BCUT2D eigenvalue weighted by molar-refractivity contribution is 0.700. The van der Waals surface area contributed by atoms with Gasteiger partial charge in [0.15, 0.2) is 0 Å². The maximum absolute atomic E-state index is 5.33. The van der Waals surface area contributed by atoms with E-state index in [1.165, 1.54) is 0 Å². The van der Waals surface area contributed by atoms with Crippen LogP contribution in [0.15, 0.2) is 11.6 Å². The van der Waals surface area contributed by atoms with Crippen LogP contribution in [0.1, 0.15) is 5.01 Å². The van der Waals surface area contributed by atoms with Crippen LogP contribution >= 0.6 is 11.3 Å². The van der Waals surface area contributed by atoms with Gasteiger partial charge >= 0.3 is 0 Å². The summed E-state index contributed by atoms with van der Waals surface area (Å²) in [6, 6.07) is 0. The zero-order valence-corrected chi connectivity index (χ0v) is 5.77. The first-order valence-electron chi connectivity index (χ1n) is 2.68. The lowest BCUT2D eigenvalue weighted by Gasteiger charge is -1.98. The van der Waals surface area contributed by atoms with Crippen molar-refractivity contribution in [3.8, 4) is 0 Å². The normalized spacial score (nSPS) is 10.6. The van der Waals surface area contributed by atoms with E-state index in [1.54, 1.807) is 17.5 Å². The third-order valence-corrected chi connectivity index (χ3v) is 1.70. The number of aromatic nitrogens is 1. The molecule has 0 amide bonds. The largest absolute Gasteiger partial charge is 0.316 e. The number of hydrogen-bond acceptors (Lipinski definition) is 4. The highest BCUT2D eigenvalue weighted by atomic mass is 32.1. The Morgan fingerprint density at radius 1 is 1.67 bits per heavy atom. The molecule has 0 aliphatic carbocycles. The summed E-state index contributed by atoms with van der Waals surface area (Å²) in [5, 5.41) is 2.92. The molecule has 9 heavy (non-hydrogen) atoms. The van der Waals surface area contributed by atoms with Crippen molar-refractivity contribution >= 4 is 11.3 Å². The van der Waals surface area contributed by atoms with Gasteiger partial charge in [-0.05, 0) is 0 Å². The van der Waals surface area contributed by atoms with Crippen molar-refractivity contribution in [3.63, 3.8) is 0 Å². The van der Waals surface area contributed by atoms with Gasteiger partial charge in [-0.25, -0.2) is 4.98 Å². The Balaban J connectivity index is 2.48. The topological polar surface area (TPSA) is 64.9 Å². The van der Waals surface area contributed by atoms with Gasteiger partial charge in [-0.1, -0.05) is 0 Å². The van der Waals surface area contributed by atoms with Crippen LogP contribution in [0.2, 0.25) is 0 Å². The number of thiazole rings is 1. The molecular weight excluding hydrogens is 134 g/mol. The van der Waals surface area contributed by atoms with Gasteiger partial charge in [0.2, 0.25) is 0 Å². The van der Waals surface area contributed by atoms with Crippen LogP contribution in [0, 0.1) is 0 Å². The number of hydrogen-bond donors (Lipinski definition) is 2. The Labute approximate surface area is 57.7 Å². The monoisotopic (exact) mass is 143 g/mol. The Hall–Kier alpha value is -0.450. The highest BCUT2D eigenvalue weighted by Crippen LogP contribution is 2.03. The van der Waals surface area contributed by atoms with Crippen LogP contribution in [0.4, 0.5) is 0 Å². The molecule has 50 valence electrons. The van der Waals surface area contributed by atoms with E-state index in [4.69, 9.17) is 11.5 Å². The molecule has 4 heteroatoms. The summed E-state index contributed by atoms with van der Waals surface area (Å²) in [4.78, 5) is 4.01. The number of nitrogens with two attached hydrogens (primary N) is 2. The lowest BCUT2D eigenvalue weighted by Crippen LogP contribution is -2.32. The molecule has 1 heterocycles. The summed E-state index contributed by atoms with van der Waals surface area (Å²) in [7, 11) is 0. The molecule has 0 fully saturated rings. The minimum atomic E-state index is -0.267.